The molecule has 2 unspecified atom stereocenters. The van der Waals surface area contributed by atoms with E-state index in [1.165, 1.54) is 6.92 Å². The first kappa shape index (κ1) is 22.4. The number of carbonyl (C=O) groups is 2. The Balaban J connectivity index is 1.67. The van der Waals surface area contributed by atoms with Gasteiger partial charge in [-0.1, -0.05) is 35.3 Å². The van der Waals surface area contributed by atoms with E-state index in [0.717, 1.165) is 11.1 Å². The number of benzene rings is 2. The molecule has 30 heavy (non-hydrogen) atoms. The fourth-order valence-electron chi connectivity index (χ4n) is 3.28. The molecule has 2 aromatic carbocycles. The van der Waals surface area contributed by atoms with Crippen LogP contribution in [0.4, 0.5) is 0 Å². The molecule has 1 N–H and O–H groups in total. The van der Waals surface area contributed by atoms with Crippen molar-refractivity contribution in [2.75, 3.05) is 0 Å². The lowest BCUT2D eigenvalue weighted by molar-refractivity contribution is -0.160. The fraction of sp³-hybridized carbons (Fsp3) is 0.364. The van der Waals surface area contributed by atoms with Crippen LogP contribution in [0.2, 0.25) is 10.0 Å². The second-order valence-electron chi connectivity index (χ2n) is 7.13. The molecule has 1 aliphatic rings. The molecule has 0 aromatic heterocycles. The van der Waals surface area contributed by atoms with Gasteiger partial charge in [0.1, 0.15) is 24.2 Å². The van der Waals surface area contributed by atoms with Crippen molar-refractivity contribution in [1.82, 2.24) is 0 Å². The molecule has 1 heterocycles. The Bertz CT molecular complexity index is 913. The number of halogens is 2. The lowest BCUT2D eigenvalue weighted by atomic mass is 9.99. The molecule has 0 radical (unpaired) electrons. The second kappa shape index (κ2) is 10.2. The van der Waals surface area contributed by atoms with Gasteiger partial charge in [0.15, 0.2) is 0 Å². The van der Waals surface area contributed by atoms with E-state index in [4.69, 9.17) is 37.4 Å². The Morgan fingerprint density at radius 1 is 1.23 bits per heavy atom. The summed E-state index contributed by atoms with van der Waals surface area (Å²) in [6, 6.07) is 10.3. The first-order chi connectivity index (χ1) is 14.3. The highest BCUT2D eigenvalue weighted by molar-refractivity contribution is 6.35. The van der Waals surface area contributed by atoms with E-state index in [1.54, 1.807) is 36.4 Å². The molecule has 6 nitrogen and oxygen atoms in total. The normalized spacial score (nSPS) is 18.6. The maximum absolute atomic E-state index is 11.5. The van der Waals surface area contributed by atoms with Gasteiger partial charge in [0.05, 0.1) is 12.5 Å². The Morgan fingerprint density at radius 3 is 2.63 bits per heavy atom. The van der Waals surface area contributed by atoms with E-state index in [2.05, 4.69) is 0 Å². The van der Waals surface area contributed by atoms with Gasteiger partial charge in [-0.15, -0.1) is 0 Å². The van der Waals surface area contributed by atoms with Gasteiger partial charge in [0, 0.05) is 29.0 Å². The second-order valence-corrected chi connectivity index (χ2v) is 7.98. The summed E-state index contributed by atoms with van der Waals surface area (Å²) in [5.74, 6) is 0.226. The number of ether oxygens (including phenoxy) is 3. The Hall–Kier alpha value is -2.28. The van der Waals surface area contributed by atoms with Crippen LogP contribution < -0.4 is 9.47 Å². The lowest BCUT2D eigenvalue weighted by Crippen LogP contribution is -2.32. The minimum absolute atomic E-state index is 0.0306. The highest BCUT2D eigenvalue weighted by Crippen LogP contribution is 2.34. The molecule has 0 aliphatic carbocycles. The number of carbonyl (C=O) groups excluding carboxylic acids is 2. The van der Waals surface area contributed by atoms with Crippen LogP contribution in [0.15, 0.2) is 36.4 Å². The van der Waals surface area contributed by atoms with Crippen molar-refractivity contribution in [3.63, 3.8) is 0 Å². The fourth-order valence-corrected chi connectivity index (χ4v) is 3.84. The summed E-state index contributed by atoms with van der Waals surface area (Å²) in [6.45, 7) is 1.61. The molecule has 1 saturated heterocycles. The predicted octanol–water partition coefficient (Wildman–Crippen LogP) is 4.50. The van der Waals surface area contributed by atoms with Crippen LogP contribution in [0.5, 0.6) is 11.5 Å². The molecule has 8 heteroatoms. The van der Waals surface area contributed by atoms with Crippen molar-refractivity contribution in [2.45, 2.75) is 51.4 Å². The van der Waals surface area contributed by atoms with Crippen LogP contribution in [0, 0.1) is 0 Å². The van der Waals surface area contributed by atoms with Gasteiger partial charge < -0.3 is 19.3 Å². The summed E-state index contributed by atoms with van der Waals surface area (Å²) in [4.78, 5) is 22.5. The van der Waals surface area contributed by atoms with Crippen LogP contribution in [0.25, 0.3) is 0 Å². The number of aliphatic hydroxyl groups excluding tert-OH is 1. The van der Waals surface area contributed by atoms with E-state index in [-0.39, 0.29) is 25.1 Å². The van der Waals surface area contributed by atoms with E-state index >= 15 is 0 Å². The van der Waals surface area contributed by atoms with Gasteiger partial charge in [-0.3, -0.25) is 9.59 Å². The number of aliphatic hydroxyl groups is 1. The third-order valence-corrected chi connectivity index (χ3v) is 5.21. The van der Waals surface area contributed by atoms with Crippen LogP contribution in [-0.2, 0) is 27.4 Å². The van der Waals surface area contributed by atoms with E-state index in [9.17, 15) is 14.7 Å². The van der Waals surface area contributed by atoms with Gasteiger partial charge in [-0.05, 0) is 42.7 Å². The Labute approximate surface area is 184 Å². The molecule has 1 aliphatic heterocycles. The Kier molecular flexibility index (Phi) is 7.58. The molecule has 0 bridgehead atoms. The summed E-state index contributed by atoms with van der Waals surface area (Å²) < 4.78 is 16.3. The third kappa shape index (κ3) is 6.36. The average molecular weight is 453 g/mol. The zero-order valence-corrected chi connectivity index (χ0v) is 17.9. The largest absolute Gasteiger partial charge is 0.489 e. The molecular weight excluding hydrogens is 431 g/mol. The zero-order chi connectivity index (χ0) is 21.7. The Morgan fingerprint density at radius 2 is 1.97 bits per heavy atom. The lowest BCUT2D eigenvalue weighted by Gasteiger charge is -2.26. The van der Waals surface area contributed by atoms with Crippen molar-refractivity contribution in [3.05, 3.63) is 57.6 Å². The monoisotopic (exact) mass is 452 g/mol. The van der Waals surface area contributed by atoms with Gasteiger partial charge in [-0.2, -0.15) is 0 Å². The van der Waals surface area contributed by atoms with E-state index in [0.29, 0.717) is 40.8 Å². The summed E-state index contributed by atoms with van der Waals surface area (Å²) in [6.07, 6.45) is 0.404. The van der Waals surface area contributed by atoms with Crippen molar-refractivity contribution in [3.8, 4) is 11.5 Å². The molecule has 3 rings (SSSR count). The van der Waals surface area contributed by atoms with Crippen LogP contribution in [0.1, 0.15) is 37.3 Å². The third-order valence-electron chi connectivity index (χ3n) is 4.65. The number of hydrogen-bond donors (Lipinski definition) is 1. The van der Waals surface area contributed by atoms with Crippen LogP contribution >= 0.6 is 23.2 Å². The highest BCUT2D eigenvalue weighted by atomic mass is 35.5. The van der Waals surface area contributed by atoms with E-state index in [1.807, 2.05) is 0 Å². The number of esters is 2. The molecule has 0 spiro atoms. The zero-order valence-electron chi connectivity index (χ0n) is 16.4. The SMILES string of the molecule is CC(=O)Oc1ccc(COc2cc(Cl)cc(Cl)c2CCC2CC(O)CC(=O)O2)cc1. The number of hydrogen-bond acceptors (Lipinski definition) is 6. The number of cyclic esters (lactones) is 1. The summed E-state index contributed by atoms with van der Waals surface area (Å²) in [5.41, 5.74) is 1.63. The van der Waals surface area contributed by atoms with Gasteiger partial charge in [-0.25, -0.2) is 0 Å². The molecule has 1 fully saturated rings. The van der Waals surface area contributed by atoms with Gasteiger partial charge >= 0.3 is 11.9 Å². The van der Waals surface area contributed by atoms with Crippen molar-refractivity contribution in [2.24, 2.45) is 0 Å². The molecule has 2 atom stereocenters. The summed E-state index contributed by atoms with van der Waals surface area (Å²) in [5, 5.41) is 10.7. The van der Waals surface area contributed by atoms with Crippen LogP contribution in [-0.4, -0.2) is 29.3 Å². The maximum atomic E-state index is 11.5. The first-order valence-electron chi connectivity index (χ1n) is 9.56. The summed E-state index contributed by atoms with van der Waals surface area (Å²) >= 11 is 12.5. The molecule has 0 saturated carbocycles. The topological polar surface area (TPSA) is 82.1 Å². The van der Waals surface area contributed by atoms with Crippen molar-refractivity contribution >= 4 is 35.1 Å². The smallest absolute Gasteiger partial charge is 0.308 e. The average Bonchev–Trinajstić information content (AvgIpc) is 2.65. The minimum Gasteiger partial charge on any atom is -0.489 e. The quantitative estimate of drug-likeness (QED) is 0.491. The molecule has 2 aromatic rings. The predicted molar refractivity (Wildman–Crippen MR) is 112 cm³/mol. The standard InChI is InChI=1S/C22H22Cl2O6/c1-13(25)29-17-4-2-14(3-5-17)12-28-21-9-15(23)8-20(24)19(21)7-6-18-10-16(26)11-22(27)30-18/h2-5,8-9,16,18,26H,6-7,10-12H2,1H3. The molecule has 0 amide bonds. The van der Waals surface area contributed by atoms with Crippen molar-refractivity contribution < 1.29 is 28.9 Å². The maximum Gasteiger partial charge on any atom is 0.308 e. The first-order valence-corrected chi connectivity index (χ1v) is 10.3. The van der Waals surface area contributed by atoms with E-state index < -0.39 is 12.1 Å². The van der Waals surface area contributed by atoms with Crippen molar-refractivity contribution in [1.29, 1.82) is 0 Å². The molecule has 160 valence electrons. The number of rotatable bonds is 7. The summed E-state index contributed by atoms with van der Waals surface area (Å²) in [7, 11) is 0. The minimum atomic E-state index is -0.678. The van der Waals surface area contributed by atoms with Gasteiger partial charge in [0.25, 0.3) is 0 Å². The molecular formula is C22H22Cl2O6. The van der Waals surface area contributed by atoms with Crippen LogP contribution in [0.3, 0.4) is 0 Å². The highest BCUT2D eigenvalue weighted by Gasteiger charge is 2.27. The van der Waals surface area contributed by atoms with Gasteiger partial charge in [0.2, 0.25) is 0 Å².